The van der Waals surface area contributed by atoms with Crippen molar-refractivity contribution >= 4 is 34.5 Å². The molecule has 0 bridgehead atoms. The monoisotopic (exact) mass is 335 g/mol. The summed E-state index contributed by atoms with van der Waals surface area (Å²) in [5, 5.41) is 13.6. The molecule has 7 heteroatoms. The lowest BCUT2D eigenvalue weighted by atomic mass is 10.1. The van der Waals surface area contributed by atoms with Gasteiger partial charge in [0, 0.05) is 48.3 Å². The Balaban J connectivity index is 1.53. The van der Waals surface area contributed by atoms with Gasteiger partial charge in [-0.05, 0) is 30.7 Å². The van der Waals surface area contributed by atoms with E-state index in [4.69, 9.17) is 16.7 Å². The Bertz CT molecular complexity index is 743. The molecular formula is C16H18ClN3O3. The first kappa shape index (κ1) is 15.7. The number of benzene rings is 1. The summed E-state index contributed by atoms with van der Waals surface area (Å²) in [6, 6.07) is 7.49. The molecule has 1 fully saturated rings. The zero-order valence-corrected chi connectivity index (χ0v) is 13.3. The number of hydrogen-bond acceptors (Lipinski definition) is 2. The van der Waals surface area contributed by atoms with Crippen molar-refractivity contribution in [3.8, 4) is 0 Å². The predicted molar refractivity (Wildman–Crippen MR) is 87.7 cm³/mol. The molecule has 2 aromatic rings. The zero-order chi connectivity index (χ0) is 16.4. The number of carboxylic acid groups (broad SMARTS) is 1. The van der Waals surface area contributed by atoms with Crippen LogP contribution in [0.5, 0.6) is 0 Å². The first-order valence-electron chi connectivity index (χ1n) is 7.54. The first-order valence-corrected chi connectivity index (χ1v) is 7.92. The number of aliphatic carboxylic acids is 1. The van der Waals surface area contributed by atoms with Crippen molar-refractivity contribution in [3.05, 3.63) is 35.5 Å². The van der Waals surface area contributed by atoms with Crippen LogP contribution in [0.25, 0.3) is 10.9 Å². The fourth-order valence-electron chi connectivity index (χ4n) is 2.91. The fourth-order valence-corrected chi connectivity index (χ4v) is 3.09. The summed E-state index contributed by atoms with van der Waals surface area (Å²) < 4.78 is 2.05. The Morgan fingerprint density at radius 2 is 2.17 bits per heavy atom. The van der Waals surface area contributed by atoms with Crippen molar-refractivity contribution < 1.29 is 14.7 Å². The van der Waals surface area contributed by atoms with Gasteiger partial charge in [0.05, 0.1) is 5.92 Å². The van der Waals surface area contributed by atoms with E-state index < -0.39 is 11.9 Å². The molecule has 2 amide bonds. The summed E-state index contributed by atoms with van der Waals surface area (Å²) in [4.78, 5) is 24.5. The highest BCUT2D eigenvalue weighted by Crippen LogP contribution is 2.20. The van der Waals surface area contributed by atoms with Crippen LogP contribution in [0.4, 0.5) is 4.79 Å². The minimum absolute atomic E-state index is 0.201. The lowest BCUT2D eigenvalue weighted by Gasteiger charge is -2.17. The Morgan fingerprint density at radius 1 is 1.35 bits per heavy atom. The number of carboxylic acids is 1. The summed E-state index contributed by atoms with van der Waals surface area (Å²) in [5.41, 5.74) is 1.07. The van der Waals surface area contributed by atoms with Crippen LogP contribution in [0.1, 0.15) is 6.42 Å². The third-order valence-electron chi connectivity index (χ3n) is 4.19. The number of hydrogen-bond donors (Lipinski definition) is 2. The van der Waals surface area contributed by atoms with Gasteiger partial charge in [0.1, 0.15) is 0 Å². The lowest BCUT2D eigenvalue weighted by molar-refractivity contribution is -0.141. The summed E-state index contributed by atoms with van der Waals surface area (Å²) in [5.74, 6) is -1.28. The standard InChI is InChI=1S/C16H18ClN3O3/c17-13-1-2-14-11(9-13)3-6-19(14)8-5-18-16(23)20-7-4-12(10-20)15(21)22/h1-3,6,9,12H,4-5,7-8,10H2,(H,18,23)(H,21,22). The highest BCUT2D eigenvalue weighted by molar-refractivity contribution is 6.31. The number of fused-ring (bicyclic) bond motifs is 1. The minimum Gasteiger partial charge on any atom is -0.481 e. The van der Waals surface area contributed by atoms with Crippen LogP contribution in [0.2, 0.25) is 5.02 Å². The van der Waals surface area contributed by atoms with E-state index >= 15 is 0 Å². The van der Waals surface area contributed by atoms with Crippen LogP contribution in [0, 0.1) is 5.92 Å². The van der Waals surface area contributed by atoms with Crippen LogP contribution >= 0.6 is 11.6 Å². The van der Waals surface area contributed by atoms with Crippen LogP contribution in [0.15, 0.2) is 30.5 Å². The summed E-state index contributed by atoms with van der Waals surface area (Å²) in [7, 11) is 0. The smallest absolute Gasteiger partial charge is 0.317 e. The number of carbonyl (C=O) groups excluding carboxylic acids is 1. The molecule has 122 valence electrons. The number of urea groups is 1. The number of halogens is 1. The van der Waals surface area contributed by atoms with E-state index in [-0.39, 0.29) is 12.6 Å². The summed E-state index contributed by atoms with van der Waals surface area (Å²) >= 11 is 5.97. The van der Waals surface area contributed by atoms with Gasteiger partial charge in [-0.15, -0.1) is 0 Å². The van der Waals surface area contributed by atoms with Gasteiger partial charge in [0.15, 0.2) is 0 Å². The Kier molecular flexibility index (Phi) is 4.43. The lowest BCUT2D eigenvalue weighted by Crippen LogP contribution is -2.40. The second-order valence-corrected chi connectivity index (χ2v) is 6.15. The van der Waals surface area contributed by atoms with E-state index in [0.29, 0.717) is 31.1 Å². The average Bonchev–Trinajstić information content (AvgIpc) is 3.14. The number of aromatic nitrogens is 1. The second kappa shape index (κ2) is 6.50. The van der Waals surface area contributed by atoms with Gasteiger partial charge in [-0.25, -0.2) is 4.79 Å². The maximum atomic E-state index is 12.0. The molecule has 1 aromatic heterocycles. The molecule has 1 unspecified atom stereocenters. The Labute approximate surface area is 138 Å². The molecule has 1 aliphatic rings. The highest BCUT2D eigenvalue weighted by atomic mass is 35.5. The second-order valence-electron chi connectivity index (χ2n) is 5.71. The number of nitrogens with zero attached hydrogens (tertiary/aromatic N) is 2. The maximum Gasteiger partial charge on any atom is 0.317 e. The molecule has 1 aromatic carbocycles. The zero-order valence-electron chi connectivity index (χ0n) is 12.5. The van der Waals surface area contributed by atoms with Gasteiger partial charge in [0.2, 0.25) is 0 Å². The van der Waals surface area contributed by atoms with Gasteiger partial charge in [-0.1, -0.05) is 11.6 Å². The van der Waals surface area contributed by atoms with Crippen molar-refractivity contribution in [2.45, 2.75) is 13.0 Å². The van der Waals surface area contributed by atoms with E-state index in [1.807, 2.05) is 30.5 Å². The summed E-state index contributed by atoms with van der Waals surface area (Å²) in [6.45, 7) is 1.91. The molecule has 0 aliphatic carbocycles. The topological polar surface area (TPSA) is 74.6 Å². The van der Waals surface area contributed by atoms with Gasteiger partial charge in [-0.3, -0.25) is 4.79 Å². The number of nitrogens with one attached hydrogen (secondary N) is 1. The van der Waals surface area contributed by atoms with Gasteiger partial charge < -0.3 is 19.9 Å². The Hall–Kier alpha value is -2.21. The number of likely N-dealkylation sites (tertiary alicyclic amines) is 1. The van der Waals surface area contributed by atoms with Crippen molar-refractivity contribution in [3.63, 3.8) is 0 Å². The van der Waals surface area contributed by atoms with E-state index in [1.165, 1.54) is 0 Å². The largest absolute Gasteiger partial charge is 0.481 e. The predicted octanol–water partition coefficient (Wildman–Crippen LogP) is 2.41. The van der Waals surface area contributed by atoms with Crippen molar-refractivity contribution in [2.75, 3.05) is 19.6 Å². The molecule has 0 radical (unpaired) electrons. The van der Waals surface area contributed by atoms with Crippen molar-refractivity contribution in [2.24, 2.45) is 5.92 Å². The van der Waals surface area contributed by atoms with Gasteiger partial charge in [0.25, 0.3) is 0 Å². The highest BCUT2D eigenvalue weighted by Gasteiger charge is 2.30. The summed E-state index contributed by atoms with van der Waals surface area (Å²) in [6.07, 6.45) is 2.48. The molecule has 2 heterocycles. The molecule has 0 spiro atoms. The molecule has 23 heavy (non-hydrogen) atoms. The molecule has 1 aliphatic heterocycles. The number of rotatable bonds is 4. The molecule has 3 rings (SSSR count). The van der Waals surface area contributed by atoms with E-state index in [2.05, 4.69) is 9.88 Å². The molecule has 2 N–H and O–H groups in total. The van der Waals surface area contributed by atoms with Crippen LogP contribution in [-0.4, -0.2) is 46.2 Å². The van der Waals surface area contributed by atoms with E-state index in [1.54, 1.807) is 4.90 Å². The van der Waals surface area contributed by atoms with Gasteiger partial charge >= 0.3 is 12.0 Å². The average molecular weight is 336 g/mol. The van der Waals surface area contributed by atoms with Crippen molar-refractivity contribution in [1.29, 1.82) is 0 Å². The van der Waals surface area contributed by atoms with E-state index in [9.17, 15) is 9.59 Å². The van der Waals surface area contributed by atoms with Crippen LogP contribution in [0.3, 0.4) is 0 Å². The third-order valence-corrected chi connectivity index (χ3v) is 4.42. The first-order chi connectivity index (χ1) is 11.0. The van der Waals surface area contributed by atoms with Crippen LogP contribution < -0.4 is 5.32 Å². The van der Waals surface area contributed by atoms with Crippen LogP contribution in [-0.2, 0) is 11.3 Å². The molecule has 1 saturated heterocycles. The van der Waals surface area contributed by atoms with Crippen molar-refractivity contribution in [1.82, 2.24) is 14.8 Å². The SMILES string of the molecule is O=C(O)C1CCN(C(=O)NCCn2ccc3cc(Cl)ccc32)C1. The minimum atomic E-state index is -0.835. The van der Waals surface area contributed by atoms with Gasteiger partial charge in [-0.2, -0.15) is 0 Å². The molecule has 0 saturated carbocycles. The fraction of sp³-hybridized carbons (Fsp3) is 0.375. The molecule has 6 nitrogen and oxygen atoms in total. The normalized spacial score (nSPS) is 17.6. The quantitative estimate of drug-likeness (QED) is 0.901. The Morgan fingerprint density at radius 3 is 2.91 bits per heavy atom. The third kappa shape index (κ3) is 3.42. The number of carbonyl (C=O) groups is 2. The van der Waals surface area contributed by atoms with E-state index in [0.717, 1.165) is 10.9 Å². The molecule has 1 atom stereocenters. The number of amides is 2. The molecular weight excluding hydrogens is 318 g/mol. The maximum absolute atomic E-state index is 12.0.